The summed E-state index contributed by atoms with van der Waals surface area (Å²) in [5.74, 6) is 1.58. The average Bonchev–Trinajstić information content (AvgIpc) is 2.62. The monoisotopic (exact) mass is 481 g/mol. The lowest BCUT2D eigenvalue weighted by atomic mass is 10.1. The summed E-state index contributed by atoms with van der Waals surface area (Å²) in [5, 5.41) is 6.50. The Bertz CT molecular complexity index is 515. The maximum Gasteiger partial charge on any atom is 0.191 e. The highest BCUT2D eigenvalue weighted by molar-refractivity contribution is 14.0. The van der Waals surface area contributed by atoms with Crippen LogP contribution in [0.1, 0.15) is 11.1 Å². The van der Waals surface area contributed by atoms with Crippen molar-refractivity contribution >= 4 is 29.9 Å². The molecule has 0 aromatic heterocycles. The number of methoxy groups -OCH3 is 2. The standard InChI is InChI=1S/C18H31N3O4.HI/c1-15-5-6-16(17(13-15)25-12-10-23-4)14-21-18(19-2)20-7-8-24-11-9-22-3;/h5-6,13H,7-12,14H2,1-4H3,(H2,19,20,21);1H. The van der Waals surface area contributed by atoms with Gasteiger partial charge in [-0.3, -0.25) is 4.99 Å². The third-order valence-electron chi connectivity index (χ3n) is 3.41. The first-order valence-electron chi connectivity index (χ1n) is 8.43. The van der Waals surface area contributed by atoms with Gasteiger partial charge in [-0.1, -0.05) is 12.1 Å². The molecular weight excluding hydrogens is 449 g/mol. The smallest absolute Gasteiger partial charge is 0.191 e. The van der Waals surface area contributed by atoms with E-state index in [9.17, 15) is 0 Å². The predicted octanol–water partition coefficient (Wildman–Crippen LogP) is 1.97. The summed E-state index contributed by atoms with van der Waals surface area (Å²) in [4.78, 5) is 4.21. The number of ether oxygens (including phenoxy) is 4. The van der Waals surface area contributed by atoms with Crippen LogP contribution in [0, 0.1) is 6.92 Å². The Morgan fingerprint density at radius 1 is 1.00 bits per heavy atom. The summed E-state index contributed by atoms with van der Waals surface area (Å²) in [6.07, 6.45) is 0. The molecule has 8 heteroatoms. The van der Waals surface area contributed by atoms with Gasteiger partial charge in [-0.05, 0) is 18.6 Å². The minimum atomic E-state index is 0. The molecule has 1 aromatic rings. The maximum absolute atomic E-state index is 5.80. The highest BCUT2D eigenvalue weighted by atomic mass is 127. The minimum Gasteiger partial charge on any atom is -0.491 e. The zero-order chi connectivity index (χ0) is 18.3. The van der Waals surface area contributed by atoms with Gasteiger partial charge in [0.1, 0.15) is 12.4 Å². The van der Waals surface area contributed by atoms with Crippen molar-refractivity contribution in [1.82, 2.24) is 10.6 Å². The predicted molar refractivity (Wildman–Crippen MR) is 115 cm³/mol. The van der Waals surface area contributed by atoms with Crippen LogP contribution >= 0.6 is 24.0 Å². The molecule has 150 valence electrons. The molecule has 1 aromatic carbocycles. The van der Waals surface area contributed by atoms with Crippen molar-refractivity contribution in [3.05, 3.63) is 29.3 Å². The molecule has 0 saturated carbocycles. The molecule has 0 bridgehead atoms. The number of guanidine groups is 1. The molecule has 0 aliphatic heterocycles. The molecule has 0 saturated heterocycles. The summed E-state index contributed by atoms with van der Waals surface area (Å²) in [5.41, 5.74) is 2.23. The third-order valence-corrected chi connectivity index (χ3v) is 3.41. The van der Waals surface area contributed by atoms with Crippen LogP contribution < -0.4 is 15.4 Å². The second kappa shape index (κ2) is 16.1. The van der Waals surface area contributed by atoms with Crippen LogP contribution in [0.3, 0.4) is 0 Å². The Morgan fingerprint density at radius 3 is 2.42 bits per heavy atom. The van der Waals surface area contributed by atoms with E-state index < -0.39 is 0 Å². The molecule has 0 radical (unpaired) electrons. The normalized spacial score (nSPS) is 11.0. The van der Waals surface area contributed by atoms with Gasteiger partial charge in [0.05, 0.1) is 26.4 Å². The molecule has 1 rings (SSSR count). The first-order valence-corrected chi connectivity index (χ1v) is 8.43. The Labute approximate surface area is 173 Å². The van der Waals surface area contributed by atoms with Crippen LogP contribution in [0.5, 0.6) is 5.75 Å². The molecule has 0 aliphatic carbocycles. The zero-order valence-corrected chi connectivity index (χ0v) is 18.5. The zero-order valence-electron chi connectivity index (χ0n) is 16.2. The van der Waals surface area contributed by atoms with Crippen molar-refractivity contribution in [1.29, 1.82) is 0 Å². The molecule has 0 fully saturated rings. The lowest BCUT2D eigenvalue weighted by Crippen LogP contribution is -2.38. The molecule has 0 heterocycles. The fraction of sp³-hybridized carbons (Fsp3) is 0.611. The SMILES string of the molecule is CN=C(NCCOCCOC)NCc1ccc(C)cc1OCCOC.I. The number of nitrogens with one attached hydrogen (secondary N) is 2. The van der Waals surface area contributed by atoms with Gasteiger partial charge < -0.3 is 29.6 Å². The van der Waals surface area contributed by atoms with Crippen molar-refractivity contribution in [3.63, 3.8) is 0 Å². The largest absolute Gasteiger partial charge is 0.491 e. The summed E-state index contributed by atoms with van der Waals surface area (Å²) in [6, 6.07) is 6.16. The fourth-order valence-electron chi connectivity index (χ4n) is 2.06. The van der Waals surface area contributed by atoms with Crippen molar-refractivity contribution < 1.29 is 18.9 Å². The van der Waals surface area contributed by atoms with Crippen LogP contribution in [0.15, 0.2) is 23.2 Å². The van der Waals surface area contributed by atoms with Gasteiger partial charge in [0.2, 0.25) is 0 Å². The van der Waals surface area contributed by atoms with E-state index in [1.165, 1.54) is 0 Å². The lowest BCUT2D eigenvalue weighted by Gasteiger charge is -2.15. The fourth-order valence-corrected chi connectivity index (χ4v) is 2.06. The molecule has 26 heavy (non-hydrogen) atoms. The van der Waals surface area contributed by atoms with Crippen LogP contribution in [0.4, 0.5) is 0 Å². The molecular formula is C18H32IN3O4. The van der Waals surface area contributed by atoms with E-state index in [1.807, 2.05) is 13.0 Å². The van der Waals surface area contributed by atoms with Gasteiger partial charge in [0, 0.05) is 39.9 Å². The molecule has 7 nitrogen and oxygen atoms in total. The molecule has 0 atom stereocenters. The number of aryl methyl sites for hydroxylation is 1. The van der Waals surface area contributed by atoms with E-state index >= 15 is 0 Å². The number of halogens is 1. The Hall–Kier alpha value is -1.10. The van der Waals surface area contributed by atoms with Gasteiger partial charge in [-0.15, -0.1) is 24.0 Å². The lowest BCUT2D eigenvalue weighted by molar-refractivity contribution is 0.0733. The van der Waals surface area contributed by atoms with Crippen LogP contribution in [0.2, 0.25) is 0 Å². The number of aliphatic imine (C=N–C) groups is 1. The maximum atomic E-state index is 5.80. The van der Waals surface area contributed by atoms with Crippen LogP contribution in [0.25, 0.3) is 0 Å². The first-order chi connectivity index (χ1) is 12.2. The van der Waals surface area contributed by atoms with Crippen molar-refractivity contribution in [2.24, 2.45) is 4.99 Å². The van der Waals surface area contributed by atoms with Crippen LogP contribution in [-0.4, -0.2) is 66.8 Å². The summed E-state index contributed by atoms with van der Waals surface area (Å²) < 4.78 is 21.2. The van der Waals surface area contributed by atoms with E-state index in [1.54, 1.807) is 21.3 Å². The molecule has 0 unspecified atom stereocenters. The number of nitrogens with zero attached hydrogens (tertiary/aromatic N) is 1. The van der Waals surface area contributed by atoms with E-state index in [4.69, 9.17) is 18.9 Å². The first kappa shape index (κ1) is 24.9. The van der Waals surface area contributed by atoms with Gasteiger partial charge in [-0.2, -0.15) is 0 Å². The van der Waals surface area contributed by atoms with Gasteiger partial charge in [0.25, 0.3) is 0 Å². The minimum absolute atomic E-state index is 0. The number of rotatable bonds is 12. The molecule has 0 amide bonds. The van der Waals surface area contributed by atoms with E-state index in [-0.39, 0.29) is 24.0 Å². The van der Waals surface area contributed by atoms with Crippen LogP contribution in [-0.2, 0) is 20.8 Å². The highest BCUT2D eigenvalue weighted by Gasteiger charge is 2.06. The number of benzene rings is 1. The highest BCUT2D eigenvalue weighted by Crippen LogP contribution is 2.20. The summed E-state index contributed by atoms with van der Waals surface area (Å²) in [6.45, 7) is 6.22. The molecule has 2 N–H and O–H groups in total. The van der Waals surface area contributed by atoms with Crippen molar-refractivity contribution in [2.75, 3.05) is 60.8 Å². The van der Waals surface area contributed by atoms with Gasteiger partial charge in [-0.25, -0.2) is 0 Å². The quantitative estimate of drug-likeness (QED) is 0.206. The summed E-state index contributed by atoms with van der Waals surface area (Å²) in [7, 11) is 5.06. The molecule has 0 aliphatic rings. The van der Waals surface area contributed by atoms with Gasteiger partial charge in [0.15, 0.2) is 5.96 Å². The van der Waals surface area contributed by atoms with E-state index in [0.29, 0.717) is 46.1 Å². The van der Waals surface area contributed by atoms with Crippen molar-refractivity contribution in [3.8, 4) is 5.75 Å². The second-order valence-electron chi connectivity index (χ2n) is 5.41. The number of hydrogen-bond donors (Lipinski definition) is 2. The second-order valence-corrected chi connectivity index (χ2v) is 5.41. The van der Waals surface area contributed by atoms with Gasteiger partial charge >= 0.3 is 0 Å². The average molecular weight is 481 g/mol. The summed E-state index contributed by atoms with van der Waals surface area (Å²) >= 11 is 0. The Balaban J connectivity index is 0.00000625. The Kier molecular flexibility index (Phi) is 15.4. The topological polar surface area (TPSA) is 73.3 Å². The third kappa shape index (κ3) is 10.8. The number of hydrogen-bond acceptors (Lipinski definition) is 5. The molecule has 0 spiro atoms. The van der Waals surface area contributed by atoms with E-state index in [2.05, 4.69) is 27.8 Å². The van der Waals surface area contributed by atoms with Crippen molar-refractivity contribution in [2.45, 2.75) is 13.5 Å². The Morgan fingerprint density at radius 2 is 1.73 bits per heavy atom. The van der Waals surface area contributed by atoms with E-state index in [0.717, 1.165) is 22.8 Å².